The van der Waals surface area contributed by atoms with E-state index in [0.29, 0.717) is 0 Å². The van der Waals surface area contributed by atoms with Crippen molar-refractivity contribution in [2.24, 2.45) is 22.7 Å². The van der Waals surface area contributed by atoms with Crippen molar-refractivity contribution >= 4 is 17.9 Å². The fourth-order valence-electron chi connectivity index (χ4n) is 2.47. The summed E-state index contributed by atoms with van der Waals surface area (Å²) in [4.78, 5) is 33.9. The van der Waals surface area contributed by atoms with Crippen LogP contribution in [-0.4, -0.2) is 33.2 Å². The zero-order chi connectivity index (χ0) is 14.3. The molecule has 100 valence electrons. The second-order valence-electron chi connectivity index (χ2n) is 5.03. The summed E-state index contributed by atoms with van der Waals surface area (Å²) in [5.74, 6) is -5.58. The van der Waals surface area contributed by atoms with Gasteiger partial charge in [0.15, 0.2) is 0 Å². The summed E-state index contributed by atoms with van der Waals surface area (Å²) in [5.41, 5.74) is -3.32. The first-order valence-corrected chi connectivity index (χ1v) is 5.48. The molecule has 1 aliphatic rings. The monoisotopic (exact) mass is 256 g/mol. The maximum Gasteiger partial charge on any atom is 0.314 e. The van der Waals surface area contributed by atoms with E-state index in [-0.39, 0.29) is 0 Å². The van der Waals surface area contributed by atoms with Crippen LogP contribution in [0.15, 0.2) is 12.2 Å². The summed E-state index contributed by atoms with van der Waals surface area (Å²) >= 11 is 0. The highest BCUT2D eigenvalue weighted by molar-refractivity contribution is 5.90. The highest BCUT2D eigenvalue weighted by Crippen LogP contribution is 2.52. The molecule has 0 heterocycles. The Kier molecular flexibility index (Phi) is 3.25. The average Bonchev–Trinajstić information content (AvgIpc) is 2.24. The molecule has 0 aromatic carbocycles. The van der Waals surface area contributed by atoms with Crippen LogP contribution in [0.3, 0.4) is 0 Å². The van der Waals surface area contributed by atoms with E-state index in [0.717, 1.165) is 0 Å². The van der Waals surface area contributed by atoms with Crippen molar-refractivity contribution in [1.29, 1.82) is 0 Å². The molecule has 0 amide bonds. The Morgan fingerprint density at radius 2 is 1.56 bits per heavy atom. The summed E-state index contributed by atoms with van der Waals surface area (Å²) in [7, 11) is 0. The lowest BCUT2D eigenvalue weighted by molar-refractivity contribution is -0.176. The smallest absolute Gasteiger partial charge is 0.314 e. The van der Waals surface area contributed by atoms with E-state index in [1.165, 1.54) is 32.9 Å². The molecule has 0 saturated carbocycles. The normalized spacial score (nSPS) is 39.3. The van der Waals surface area contributed by atoms with Crippen LogP contribution < -0.4 is 0 Å². The van der Waals surface area contributed by atoms with Gasteiger partial charge in [0.25, 0.3) is 0 Å². The molecular formula is C12H16O6. The summed E-state index contributed by atoms with van der Waals surface area (Å²) < 4.78 is 0. The van der Waals surface area contributed by atoms with E-state index in [9.17, 15) is 24.6 Å². The van der Waals surface area contributed by atoms with Crippen LogP contribution in [0.1, 0.15) is 20.8 Å². The van der Waals surface area contributed by atoms with Gasteiger partial charge >= 0.3 is 17.9 Å². The molecule has 0 radical (unpaired) electrons. The van der Waals surface area contributed by atoms with Gasteiger partial charge < -0.3 is 15.3 Å². The molecule has 0 fully saturated rings. The van der Waals surface area contributed by atoms with Crippen molar-refractivity contribution in [1.82, 2.24) is 0 Å². The second-order valence-corrected chi connectivity index (χ2v) is 5.03. The van der Waals surface area contributed by atoms with E-state index in [4.69, 9.17) is 5.11 Å². The SMILES string of the molecule is CC1C(C(=O)O)C=CC(C)(C(=O)O)C1(C)C(=O)O. The number of carboxylic acids is 3. The average molecular weight is 256 g/mol. The molecule has 0 saturated heterocycles. The lowest BCUT2D eigenvalue weighted by Crippen LogP contribution is -2.56. The highest BCUT2D eigenvalue weighted by atomic mass is 16.4. The van der Waals surface area contributed by atoms with Gasteiger partial charge in [-0.15, -0.1) is 0 Å². The quantitative estimate of drug-likeness (QED) is 0.651. The van der Waals surface area contributed by atoms with Crippen molar-refractivity contribution in [3.05, 3.63) is 12.2 Å². The van der Waals surface area contributed by atoms with E-state index in [1.807, 2.05) is 0 Å². The van der Waals surface area contributed by atoms with Gasteiger partial charge in [0.1, 0.15) is 0 Å². The van der Waals surface area contributed by atoms with Crippen LogP contribution in [0.4, 0.5) is 0 Å². The molecule has 6 nitrogen and oxygen atoms in total. The lowest BCUT2D eigenvalue weighted by atomic mass is 9.53. The van der Waals surface area contributed by atoms with Crippen LogP contribution in [0.25, 0.3) is 0 Å². The minimum absolute atomic E-state index is 0.835. The molecule has 1 aliphatic carbocycles. The van der Waals surface area contributed by atoms with Gasteiger partial charge in [0.2, 0.25) is 0 Å². The Hall–Kier alpha value is -1.85. The third kappa shape index (κ3) is 1.60. The largest absolute Gasteiger partial charge is 0.481 e. The first kappa shape index (κ1) is 14.2. The third-order valence-corrected chi connectivity index (χ3v) is 4.34. The number of hydrogen-bond donors (Lipinski definition) is 3. The Labute approximate surface area is 104 Å². The predicted octanol–water partition coefficient (Wildman–Crippen LogP) is 1.07. The van der Waals surface area contributed by atoms with Crippen LogP contribution in [0, 0.1) is 22.7 Å². The van der Waals surface area contributed by atoms with E-state index >= 15 is 0 Å². The molecule has 3 N–H and O–H groups in total. The number of carbonyl (C=O) groups is 3. The van der Waals surface area contributed by atoms with Crippen molar-refractivity contribution in [2.75, 3.05) is 0 Å². The molecule has 18 heavy (non-hydrogen) atoms. The minimum Gasteiger partial charge on any atom is -0.481 e. The van der Waals surface area contributed by atoms with Crippen molar-refractivity contribution < 1.29 is 29.7 Å². The van der Waals surface area contributed by atoms with Gasteiger partial charge in [-0.3, -0.25) is 14.4 Å². The summed E-state index contributed by atoms with van der Waals surface area (Å²) in [6.45, 7) is 4.04. The van der Waals surface area contributed by atoms with Crippen LogP contribution in [0.5, 0.6) is 0 Å². The Bertz CT molecular complexity index is 440. The fraction of sp³-hybridized carbons (Fsp3) is 0.583. The first-order chi connectivity index (χ1) is 8.09. The molecule has 0 spiro atoms. The first-order valence-electron chi connectivity index (χ1n) is 5.48. The maximum absolute atomic E-state index is 11.5. The minimum atomic E-state index is -1.68. The Balaban J connectivity index is 3.48. The van der Waals surface area contributed by atoms with E-state index in [2.05, 4.69) is 0 Å². The van der Waals surface area contributed by atoms with Gasteiger partial charge in [-0.1, -0.05) is 19.1 Å². The summed E-state index contributed by atoms with van der Waals surface area (Å²) in [5, 5.41) is 27.7. The molecule has 0 bridgehead atoms. The standard InChI is InChI=1S/C12H16O6/c1-6-7(8(13)14)4-5-11(2,9(15)16)12(6,3)10(17)18/h4-7H,1-3H3,(H,13,14)(H,15,16)(H,17,18). The zero-order valence-electron chi connectivity index (χ0n) is 10.4. The number of hydrogen-bond acceptors (Lipinski definition) is 3. The Morgan fingerprint density at radius 3 is 1.89 bits per heavy atom. The predicted molar refractivity (Wildman–Crippen MR) is 60.9 cm³/mol. The van der Waals surface area contributed by atoms with Gasteiger partial charge in [0.05, 0.1) is 16.7 Å². The molecule has 0 aromatic rings. The molecule has 6 heteroatoms. The molecule has 4 atom stereocenters. The second kappa shape index (κ2) is 4.12. The maximum atomic E-state index is 11.5. The van der Waals surface area contributed by atoms with Gasteiger partial charge in [0, 0.05) is 0 Å². The Morgan fingerprint density at radius 1 is 1.06 bits per heavy atom. The fourth-order valence-corrected chi connectivity index (χ4v) is 2.47. The zero-order valence-corrected chi connectivity index (χ0v) is 10.4. The summed E-state index contributed by atoms with van der Waals surface area (Å²) in [6.07, 6.45) is 2.45. The van der Waals surface area contributed by atoms with Crippen LogP contribution >= 0.6 is 0 Å². The lowest BCUT2D eigenvalue weighted by Gasteiger charge is -2.46. The molecule has 0 aliphatic heterocycles. The topological polar surface area (TPSA) is 112 Å². The molecule has 1 rings (SSSR count). The van der Waals surface area contributed by atoms with E-state index in [1.54, 1.807) is 0 Å². The van der Waals surface area contributed by atoms with Gasteiger partial charge in [-0.05, 0) is 19.8 Å². The van der Waals surface area contributed by atoms with Crippen molar-refractivity contribution in [3.63, 3.8) is 0 Å². The number of carboxylic acid groups (broad SMARTS) is 3. The highest BCUT2D eigenvalue weighted by Gasteiger charge is 2.61. The van der Waals surface area contributed by atoms with E-state index < -0.39 is 40.6 Å². The van der Waals surface area contributed by atoms with Gasteiger partial charge in [-0.25, -0.2) is 0 Å². The number of aliphatic carboxylic acids is 3. The van der Waals surface area contributed by atoms with Crippen LogP contribution in [-0.2, 0) is 14.4 Å². The van der Waals surface area contributed by atoms with Crippen molar-refractivity contribution in [3.8, 4) is 0 Å². The third-order valence-electron chi connectivity index (χ3n) is 4.34. The summed E-state index contributed by atoms with van der Waals surface area (Å²) in [6, 6.07) is 0. The molecule has 4 unspecified atom stereocenters. The van der Waals surface area contributed by atoms with Crippen LogP contribution in [0.2, 0.25) is 0 Å². The molecular weight excluding hydrogens is 240 g/mol. The van der Waals surface area contributed by atoms with Gasteiger partial charge in [-0.2, -0.15) is 0 Å². The van der Waals surface area contributed by atoms with Crippen molar-refractivity contribution in [2.45, 2.75) is 20.8 Å². The number of rotatable bonds is 3. The molecule has 0 aromatic heterocycles.